The van der Waals surface area contributed by atoms with E-state index in [-0.39, 0.29) is 12.3 Å². The maximum absolute atomic E-state index is 13.7. The Morgan fingerprint density at radius 1 is 1.07 bits per heavy atom. The summed E-state index contributed by atoms with van der Waals surface area (Å²) in [5.74, 6) is 0.883. The molecule has 1 aromatic heterocycles. The van der Waals surface area contributed by atoms with Crippen LogP contribution in [0.15, 0.2) is 60.7 Å². The molecule has 0 saturated heterocycles. The second-order valence-electron chi connectivity index (χ2n) is 12.6. The molecule has 1 atom stereocenters. The van der Waals surface area contributed by atoms with Gasteiger partial charge in [0.05, 0.1) is 24.9 Å². The molecule has 1 amide bonds. The van der Waals surface area contributed by atoms with Crippen LogP contribution in [0.2, 0.25) is 0 Å². The molecular formula is C36H41N3O5. The first-order chi connectivity index (χ1) is 21.2. The Kier molecular flexibility index (Phi) is 8.12. The third kappa shape index (κ3) is 5.66. The van der Waals surface area contributed by atoms with Gasteiger partial charge in [-0.15, -0.1) is 0 Å². The van der Waals surface area contributed by atoms with E-state index in [0.717, 1.165) is 46.5 Å². The van der Waals surface area contributed by atoms with E-state index >= 15 is 0 Å². The molecule has 6 rings (SSSR count). The third-order valence-corrected chi connectivity index (χ3v) is 9.27. The Morgan fingerprint density at radius 2 is 1.82 bits per heavy atom. The van der Waals surface area contributed by atoms with E-state index in [0.29, 0.717) is 24.6 Å². The van der Waals surface area contributed by atoms with Gasteiger partial charge in [0.2, 0.25) is 0 Å². The molecule has 230 valence electrons. The molecule has 0 spiro atoms. The normalized spacial score (nSPS) is 15.9. The van der Waals surface area contributed by atoms with E-state index in [1.165, 1.54) is 35.9 Å². The lowest BCUT2D eigenvalue weighted by molar-refractivity contribution is -0.138. The summed E-state index contributed by atoms with van der Waals surface area (Å²) in [7, 11) is 1.67. The number of carbonyl (C=O) groups excluding carboxylic acids is 1. The summed E-state index contributed by atoms with van der Waals surface area (Å²) >= 11 is 0. The molecule has 1 aliphatic carbocycles. The van der Waals surface area contributed by atoms with Gasteiger partial charge in [0.25, 0.3) is 5.91 Å². The molecule has 1 saturated carbocycles. The topological polar surface area (TPSA) is 116 Å². The zero-order chi connectivity index (χ0) is 31.0. The van der Waals surface area contributed by atoms with Crippen LogP contribution in [0.1, 0.15) is 78.9 Å². The van der Waals surface area contributed by atoms with Crippen LogP contribution in [-0.2, 0) is 23.3 Å². The van der Waals surface area contributed by atoms with Crippen molar-refractivity contribution in [2.45, 2.75) is 76.4 Å². The van der Waals surface area contributed by atoms with Gasteiger partial charge in [-0.2, -0.15) is 0 Å². The number of amides is 1. The maximum atomic E-state index is 13.7. The molecular weight excluding hydrogens is 554 g/mol. The van der Waals surface area contributed by atoms with Crippen molar-refractivity contribution >= 4 is 22.8 Å². The number of nitrogens with zero attached hydrogens (tertiary/aromatic N) is 1. The van der Waals surface area contributed by atoms with Crippen LogP contribution in [0, 0.1) is 0 Å². The number of fused-ring (bicyclic) bond motifs is 5. The summed E-state index contributed by atoms with van der Waals surface area (Å²) in [5.41, 5.74) is 12.1. The van der Waals surface area contributed by atoms with Crippen LogP contribution >= 0.6 is 0 Å². The van der Waals surface area contributed by atoms with Gasteiger partial charge < -0.3 is 30.2 Å². The monoisotopic (exact) mass is 595 g/mol. The summed E-state index contributed by atoms with van der Waals surface area (Å²) < 4.78 is 14.1. The predicted octanol–water partition coefficient (Wildman–Crippen LogP) is 6.38. The fourth-order valence-corrected chi connectivity index (χ4v) is 6.86. The third-order valence-electron chi connectivity index (χ3n) is 9.27. The fourth-order valence-electron chi connectivity index (χ4n) is 6.86. The summed E-state index contributed by atoms with van der Waals surface area (Å²) in [6, 6.07) is 18.8. The summed E-state index contributed by atoms with van der Waals surface area (Å²) in [5, 5.41) is 13.6. The highest BCUT2D eigenvalue weighted by molar-refractivity contribution is 6.01. The molecule has 4 N–H and O–H groups in total. The Balaban J connectivity index is 1.35. The van der Waals surface area contributed by atoms with Gasteiger partial charge in [0.1, 0.15) is 24.1 Å². The number of aliphatic carboxylic acids is 1. The van der Waals surface area contributed by atoms with Crippen molar-refractivity contribution in [3.63, 3.8) is 0 Å². The Bertz CT molecular complexity index is 1700. The fraction of sp³-hybridized carbons (Fsp3) is 0.389. The van der Waals surface area contributed by atoms with E-state index in [9.17, 15) is 9.59 Å². The molecule has 0 radical (unpaired) electrons. The molecule has 8 nitrogen and oxygen atoms in total. The highest BCUT2D eigenvalue weighted by atomic mass is 16.5. The highest BCUT2D eigenvalue weighted by Gasteiger charge is 2.30. The van der Waals surface area contributed by atoms with E-state index in [1.807, 2.05) is 62.4 Å². The average molecular weight is 596 g/mol. The SMILES string of the molecule is COc1ccc2c(c1)OCCn1c-2c(C2CCCCC2)c2ccc(C(=O)NC(C)(C)c3ccc(CC(N)C(=O)O)cc3)cc21. The van der Waals surface area contributed by atoms with E-state index in [1.54, 1.807) is 7.11 Å². The largest absolute Gasteiger partial charge is 0.497 e. The van der Waals surface area contributed by atoms with E-state index in [2.05, 4.69) is 22.0 Å². The molecule has 8 heteroatoms. The minimum absolute atomic E-state index is 0.154. The van der Waals surface area contributed by atoms with Crippen molar-refractivity contribution < 1.29 is 24.2 Å². The first-order valence-electron chi connectivity index (χ1n) is 15.5. The molecule has 44 heavy (non-hydrogen) atoms. The van der Waals surface area contributed by atoms with Crippen molar-refractivity contribution in [1.82, 2.24) is 9.88 Å². The minimum Gasteiger partial charge on any atom is -0.497 e. The second-order valence-corrected chi connectivity index (χ2v) is 12.6. The zero-order valence-corrected chi connectivity index (χ0v) is 25.7. The van der Waals surface area contributed by atoms with Gasteiger partial charge in [-0.25, -0.2) is 0 Å². The molecule has 2 aliphatic rings. The molecule has 4 aromatic rings. The molecule has 3 aromatic carbocycles. The van der Waals surface area contributed by atoms with Gasteiger partial charge in [-0.05, 0) is 80.0 Å². The standard InChI is InChI=1S/C36H41N3O5/c1-36(2,25-12-9-22(10-13-25)19-29(37)35(41)42)38-34(40)24-11-15-27-30(20-24)39-17-18-44-31-21-26(43-3)14-16-28(31)33(39)32(27)23-7-5-4-6-8-23/h9-16,20-21,23,29H,4-8,17-19,37H2,1-3H3,(H,38,40)(H,41,42). The quantitative estimate of drug-likeness (QED) is 0.218. The molecule has 1 unspecified atom stereocenters. The number of nitrogens with two attached hydrogens (primary N) is 1. The smallest absolute Gasteiger partial charge is 0.320 e. The number of carboxylic acid groups (broad SMARTS) is 1. The minimum atomic E-state index is -1.03. The lowest BCUT2D eigenvalue weighted by atomic mass is 9.81. The van der Waals surface area contributed by atoms with Crippen molar-refractivity contribution in [3.8, 4) is 22.8 Å². The lowest BCUT2D eigenvalue weighted by Crippen LogP contribution is -2.41. The second kappa shape index (κ2) is 12.0. The number of benzene rings is 3. The summed E-state index contributed by atoms with van der Waals surface area (Å²) in [4.78, 5) is 24.9. The average Bonchev–Trinajstić information content (AvgIpc) is 3.22. The Hall–Kier alpha value is -4.30. The molecule has 0 bridgehead atoms. The number of aromatic nitrogens is 1. The van der Waals surface area contributed by atoms with Gasteiger partial charge >= 0.3 is 5.97 Å². The highest BCUT2D eigenvalue weighted by Crippen LogP contribution is 2.47. The van der Waals surface area contributed by atoms with Gasteiger partial charge in [-0.3, -0.25) is 9.59 Å². The number of methoxy groups -OCH3 is 1. The first kappa shape index (κ1) is 29.8. The van der Waals surface area contributed by atoms with Gasteiger partial charge in [0.15, 0.2) is 0 Å². The number of carbonyl (C=O) groups is 2. The van der Waals surface area contributed by atoms with Crippen LogP contribution in [0.5, 0.6) is 11.5 Å². The number of ether oxygens (including phenoxy) is 2. The number of hydrogen-bond donors (Lipinski definition) is 3. The molecule has 1 fully saturated rings. The van der Waals surface area contributed by atoms with Crippen LogP contribution < -0.4 is 20.5 Å². The summed E-state index contributed by atoms with van der Waals surface area (Å²) in [6.45, 7) is 5.14. The van der Waals surface area contributed by atoms with Crippen LogP contribution in [0.3, 0.4) is 0 Å². The predicted molar refractivity (Wildman–Crippen MR) is 171 cm³/mol. The van der Waals surface area contributed by atoms with Gasteiger partial charge in [0, 0.05) is 28.1 Å². The Labute approximate surface area is 258 Å². The number of rotatable bonds is 8. The van der Waals surface area contributed by atoms with E-state index < -0.39 is 17.6 Å². The van der Waals surface area contributed by atoms with Crippen molar-refractivity contribution in [3.05, 3.63) is 82.9 Å². The summed E-state index contributed by atoms with van der Waals surface area (Å²) in [6.07, 6.45) is 6.30. The van der Waals surface area contributed by atoms with Crippen molar-refractivity contribution in [2.24, 2.45) is 5.73 Å². The van der Waals surface area contributed by atoms with Crippen LogP contribution in [0.4, 0.5) is 0 Å². The number of hydrogen-bond acceptors (Lipinski definition) is 5. The van der Waals surface area contributed by atoms with Gasteiger partial charge in [-0.1, -0.05) is 49.6 Å². The first-order valence-corrected chi connectivity index (χ1v) is 15.5. The molecule has 2 heterocycles. The maximum Gasteiger partial charge on any atom is 0.320 e. The number of nitrogens with one attached hydrogen (secondary N) is 1. The Morgan fingerprint density at radius 3 is 2.52 bits per heavy atom. The van der Waals surface area contributed by atoms with Crippen molar-refractivity contribution in [2.75, 3.05) is 13.7 Å². The van der Waals surface area contributed by atoms with Crippen LogP contribution in [-0.4, -0.2) is 41.3 Å². The number of carboxylic acids is 1. The van der Waals surface area contributed by atoms with Crippen molar-refractivity contribution in [1.29, 1.82) is 0 Å². The lowest BCUT2D eigenvalue weighted by Gasteiger charge is -2.27. The zero-order valence-electron chi connectivity index (χ0n) is 25.7. The van der Waals surface area contributed by atoms with Crippen LogP contribution in [0.25, 0.3) is 22.2 Å². The molecule has 1 aliphatic heterocycles. The van der Waals surface area contributed by atoms with E-state index in [4.69, 9.17) is 20.3 Å².